The Morgan fingerprint density at radius 2 is 2.24 bits per heavy atom. The van der Waals surface area contributed by atoms with Crippen molar-refractivity contribution < 1.29 is 4.79 Å². The number of hydrogen-bond donors (Lipinski definition) is 3. The maximum atomic E-state index is 12.1. The molecule has 1 heterocycles. The zero-order chi connectivity index (χ0) is 15.4. The van der Waals surface area contributed by atoms with Crippen molar-refractivity contribution in [1.29, 1.82) is 0 Å². The molecule has 0 aliphatic rings. The average molecular weight is 325 g/mol. The number of nitrogens with zero attached hydrogens (tertiary/aromatic N) is 1. The third-order valence-corrected chi connectivity index (χ3v) is 3.71. The number of hydrogen-bond acceptors (Lipinski definition) is 5. The lowest BCUT2D eigenvalue weighted by Gasteiger charge is -2.11. The van der Waals surface area contributed by atoms with E-state index in [4.69, 9.17) is 17.3 Å². The maximum absolute atomic E-state index is 12.1. The smallest absolute Gasteiger partial charge is 0.253 e. The summed E-state index contributed by atoms with van der Waals surface area (Å²) in [5.41, 5.74) is 5.74. The van der Waals surface area contributed by atoms with Gasteiger partial charge in [-0.1, -0.05) is 29.4 Å². The molecule has 21 heavy (non-hydrogen) atoms. The van der Waals surface area contributed by atoms with Gasteiger partial charge in [0.2, 0.25) is 5.91 Å². The summed E-state index contributed by atoms with van der Waals surface area (Å²) in [6.07, 6.45) is 0. The van der Waals surface area contributed by atoms with Crippen LogP contribution in [0.5, 0.6) is 0 Å². The number of nitrogen functional groups attached to an aromatic ring is 1. The molecular weight excluding hydrogens is 312 g/mol. The number of amides is 1. The minimum absolute atomic E-state index is 0.115. The van der Waals surface area contributed by atoms with Crippen molar-refractivity contribution in [2.45, 2.75) is 17.3 Å². The van der Waals surface area contributed by atoms with E-state index in [0.29, 0.717) is 15.9 Å². The lowest BCUT2D eigenvalue weighted by Crippen LogP contribution is -2.23. The van der Waals surface area contributed by atoms with Crippen molar-refractivity contribution in [1.82, 2.24) is 9.97 Å². The van der Waals surface area contributed by atoms with E-state index >= 15 is 0 Å². The fourth-order valence-corrected chi connectivity index (χ4v) is 2.55. The minimum atomic E-state index is -0.464. The summed E-state index contributed by atoms with van der Waals surface area (Å²) in [4.78, 5) is 29.8. The van der Waals surface area contributed by atoms with Crippen LogP contribution < -0.4 is 16.6 Å². The molecule has 2 aromatic rings. The molecule has 1 aromatic carbocycles. The zero-order valence-corrected chi connectivity index (χ0v) is 12.7. The number of H-pyrrole nitrogens is 1. The van der Waals surface area contributed by atoms with Crippen molar-refractivity contribution in [2.24, 2.45) is 0 Å². The first kappa shape index (κ1) is 15.4. The number of benzene rings is 1. The number of carbonyl (C=O) groups is 1. The molecular formula is C13H13ClN4O2S. The molecule has 8 heteroatoms. The number of aromatic nitrogens is 2. The molecule has 0 radical (unpaired) electrons. The Balaban J connectivity index is 2.04. The summed E-state index contributed by atoms with van der Waals surface area (Å²) in [6.45, 7) is 1.70. The Morgan fingerprint density at radius 3 is 2.90 bits per heavy atom. The summed E-state index contributed by atoms with van der Waals surface area (Å²) in [5.74, 6) is -0.115. The van der Waals surface area contributed by atoms with E-state index in [-0.39, 0.29) is 17.3 Å². The molecule has 1 atom stereocenters. The van der Waals surface area contributed by atoms with Crippen LogP contribution in [0.1, 0.15) is 6.92 Å². The second-order valence-electron chi connectivity index (χ2n) is 4.24. The van der Waals surface area contributed by atoms with Crippen molar-refractivity contribution in [2.75, 3.05) is 11.1 Å². The van der Waals surface area contributed by atoms with Crippen molar-refractivity contribution >= 4 is 40.8 Å². The van der Waals surface area contributed by atoms with Gasteiger partial charge in [-0.2, -0.15) is 0 Å². The quantitative estimate of drug-likeness (QED) is 0.590. The molecule has 0 fully saturated rings. The van der Waals surface area contributed by atoms with Crippen LogP contribution in [0.15, 0.2) is 40.3 Å². The van der Waals surface area contributed by atoms with Gasteiger partial charge < -0.3 is 16.0 Å². The monoisotopic (exact) mass is 324 g/mol. The third kappa shape index (κ3) is 4.51. The lowest BCUT2D eigenvalue weighted by atomic mass is 10.3. The van der Waals surface area contributed by atoms with Gasteiger partial charge in [-0.25, -0.2) is 4.98 Å². The van der Waals surface area contributed by atoms with Crippen LogP contribution in [0, 0.1) is 0 Å². The molecule has 0 saturated heterocycles. The summed E-state index contributed by atoms with van der Waals surface area (Å²) in [7, 11) is 0. The van der Waals surface area contributed by atoms with Crippen LogP contribution in [-0.4, -0.2) is 21.1 Å². The highest BCUT2D eigenvalue weighted by molar-refractivity contribution is 8.00. The highest BCUT2D eigenvalue weighted by atomic mass is 35.5. The van der Waals surface area contributed by atoms with Crippen LogP contribution in [-0.2, 0) is 4.79 Å². The number of anilines is 2. The highest BCUT2D eigenvalue weighted by Gasteiger charge is 2.16. The van der Waals surface area contributed by atoms with Gasteiger partial charge in [0.05, 0.1) is 5.25 Å². The Kier molecular flexibility index (Phi) is 4.87. The molecule has 4 N–H and O–H groups in total. The SMILES string of the molecule is C[C@@H](Sc1nc(N)cc(=O)[nH]1)C(=O)Nc1cccc(Cl)c1. The van der Waals surface area contributed by atoms with E-state index in [2.05, 4.69) is 15.3 Å². The number of thioether (sulfide) groups is 1. The van der Waals surface area contributed by atoms with Crippen LogP contribution in [0.2, 0.25) is 5.02 Å². The Bertz CT molecular complexity index is 719. The Labute approximate surface area is 130 Å². The van der Waals surface area contributed by atoms with E-state index in [1.807, 2.05) is 0 Å². The number of halogens is 1. The van der Waals surface area contributed by atoms with Crippen molar-refractivity contribution in [3.05, 3.63) is 45.7 Å². The molecule has 2 rings (SSSR count). The Morgan fingerprint density at radius 1 is 1.48 bits per heavy atom. The van der Waals surface area contributed by atoms with Gasteiger partial charge in [0.25, 0.3) is 5.56 Å². The van der Waals surface area contributed by atoms with Gasteiger partial charge in [0.1, 0.15) is 5.82 Å². The molecule has 0 saturated carbocycles. The van der Waals surface area contributed by atoms with Crippen LogP contribution >= 0.6 is 23.4 Å². The summed E-state index contributed by atoms with van der Waals surface area (Å²) < 4.78 is 0. The van der Waals surface area contributed by atoms with E-state index in [1.54, 1.807) is 31.2 Å². The number of nitrogens with one attached hydrogen (secondary N) is 2. The first-order valence-corrected chi connectivity index (χ1v) is 7.30. The average Bonchev–Trinajstić information content (AvgIpc) is 2.37. The van der Waals surface area contributed by atoms with Crippen molar-refractivity contribution in [3.8, 4) is 0 Å². The van der Waals surface area contributed by atoms with Gasteiger partial charge in [0, 0.05) is 16.8 Å². The van der Waals surface area contributed by atoms with E-state index in [9.17, 15) is 9.59 Å². The number of carbonyl (C=O) groups excluding carboxylic acids is 1. The van der Waals surface area contributed by atoms with Crippen molar-refractivity contribution in [3.63, 3.8) is 0 Å². The van der Waals surface area contributed by atoms with E-state index < -0.39 is 5.25 Å². The first-order valence-electron chi connectivity index (χ1n) is 6.04. The third-order valence-electron chi connectivity index (χ3n) is 2.49. The fourth-order valence-electron chi connectivity index (χ4n) is 1.54. The lowest BCUT2D eigenvalue weighted by molar-refractivity contribution is -0.115. The number of aromatic amines is 1. The summed E-state index contributed by atoms with van der Waals surface area (Å²) >= 11 is 6.96. The molecule has 0 spiro atoms. The second-order valence-corrected chi connectivity index (χ2v) is 6.00. The second kappa shape index (κ2) is 6.64. The van der Waals surface area contributed by atoms with Gasteiger partial charge >= 0.3 is 0 Å². The standard InChI is InChI=1S/C13H13ClN4O2S/c1-7(21-13-17-10(15)6-11(19)18-13)12(20)16-9-4-2-3-8(14)5-9/h2-7H,1H3,(H,16,20)(H3,15,17,18,19)/t7-/m1/s1. The number of rotatable bonds is 4. The van der Waals surface area contributed by atoms with E-state index in [0.717, 1.165) is 11.8 Å². The van der Waals surface area contributed by atoms with Gasteiger partial charge in [-0.15, -0.1) is 0 Å². The molecule has 110 valence electrons. The molecule has 0 aliphatic heterocycles. The first-order chi connectivity index (χ1) is 9.94. The maximum Gasteiger partial charge on any atom is 0.253 e. The molecule has 0 unspecified atom stereocenters. The minimum Gasteiger partial charge on any atom is -0.383 e. The predicted octanol–water partition coefficient (Wildman–Crippen LogP) is 2.12. The van der Waals surface area contributed by atoms with Gasteiger partial charge in [0.15, 0.2) is 5.16 Å². The fraction of sp³-hybridized carbons (Fsp3) is 0.154. The van der Waals surface area contributed by atoms with Gasteiger partial charge in [-0.3, -0.25) is 9.59 Å². The van der Waals surface area contributed by atoms with Crippen LogP contribution in [0.25, 0.3) is 0 Å². The number of nitrogens with two attached hydrogens (primary N) is 1. The normalized spacial score (nSPS) is 11.9. The molecule has 1 amide bonds. The summed E-state index contributed by atoms with van der Waals surface area (Å²) in [6, 6.07) is 8.03. The molecule has 0 aliphatic carbocycles. The Hall–Kier alpha value is -1.99. The van der Waals surface area contributed by atoms with Crippen LogP contribution in [0.4, 0.5) is 11.5 Å². The summed E-state index contributed by atoms with van der Waals surface area (Å²) in [5, 5.41) is 3.11. The topological polar surface area (TPSA) is 101 Å². The molecule has 0 bridgehead atoms. The van der Waals surface area contributed by atoms with E-state index in [1.165, 1.54) is 6.07 Å². The van der Waals surface area contributed by atoms with Gasteiger partial charge in [-0.05, 0) is 25.1 Å². The molecule has 6 nitrogen and oxygen atoms in total. The zero-order valence-electron chi connectivity index (χ0n) is 11.1. The van der Waals surface area contributed by atoms with Crippen LogP contribution in [0.3, 0.4) is 0 Å². The predicted molar refractivity (Wildman–Crippen MR) is 84.7 cm³/mol. The largest absolute Gasteiger partial charge is 0.383 e. The highest BCUT2D eigenvalue weighted by Crippen LogP contribution is 2.21. The molecule has 1 aromatic heterocycles.